The Morgan fingerprint density at radius 2 is 2.21 bits per heavy atom. The minimum absolute atomic E-state index is 0.0369. The Morgan fingerprint density at radius 1 is 1.29 bits per heavy atom. The number of rotatable bonds is 1. The van der Waals surface area contributed by atoms with Crippen LogP contribution in [0.15, 0.2) is 30.5 Å². The summed E-state index contributed by atoms with van der Waals surface area (Å²) in [6.45, 7) is 1.72. The highest BCUT2D eigenvalue weighted by atomic mass is 16.5. The summed E-state index contributed by atoms with van der Waals surface area (Å²) < 4.78 is 5.56. The highest BCUT2D eigenvalue weighted by Crippen LogP contribution is 2.25. The molecule has 1 fully saturated rings. The number of ether oxygens (including phenoxy) is 1. The number of aromatic nitrogens is 1. The van der Waals surface area contributed by atoms with Gasteiger partial charge >= 0.3 is 0 Å². The second-order valence-corrected chi connectivity index (χ2v) is 3.49. The van der Waals surface area contributed by atoms with Gasteiger partial charge in [0.05, 0.1) is 12.3 Å². The van der Waals surface area contributed by atoms with Crippen LogP contribution in [0.1, 0.15) is 11.9 Å². The topological polar surface area (TPSA) is 37.0 Å². The van der Waals surface area contributed by atoms with E-state index >= 15 is 0 Å². The summed E-state index contributed by atoms with van der Waals surface area (Å²) in [5, 5.41) is 5.78. The minimum atomic E-state index is 0.0369. The molecule has 1 aliphatic rings. The molecule has 1 unspecified atom stereocenters. The second kappa shape index (κ2) is 3.12. The maximum absolute atomic E-state index is 5.56. The highest BCUT2D eigenvalue weighted by molar-refractivity contribution is 5.85. The van der Waals surface area contributed by atoms with Crippen LogP contribution in [0.25, 0.3) is 10.8 Å². The number of fused-ring (bicyclic) bond motifs is 1. The van der Waals surface area contributed by atoms with E-state index in [1.807, 2.05) is 12.3 Å². The van der Waals surface area contributed by atoms with Gasteiger partial charge in [0.1, 0.15) is 6.23 Å². The van der Waals surface area contributed by atoms with Crippen LogP contribution in [0.5, 0.6) is 0 Å². The summed E-state index contributed by atoms with van der Waals surface area (Å²) in [7, 11) is 0. The molecule has 3 heteroatoms. The molecular weight excluding hydrogens is 176 g/mol. The third-order valence-electron chi connectivity index (χ3n) is 2.61. The molecule has 2 aromatic rings. The van der Waals surface area contributed by atoms with Gasteiger partial charge in [0.15, 0.2) is 0 Å². The van der Waals surface area contributed by atoms with Crippen molar-refractivity contribution in [1.29, 1.82) is 0 Å². The lowest BCUT2D eigenvalue weighted by atomic mass is 10.2. The Labute approximate surface area is 82.1 Å². The van der Waals surface area contributed by atoms with Crippen molar-refractivity contribution < 1.29 is 4.74 Å². The number of hydrogen-bond donors (Lipinski definition) is 2. The first kappa shape index (κ1) is 8.03. The summed E-state index contributed by atoms with van der Waals surface area (Å²) >= 11 is 0. The fourth-order valence-corrected chi connectivity index (χ4v) is 1.93. The highest BCUT2D eigenvalue weighted by Gasteiger charge is 2.19. The van der Waals surface area contributed by atoms with Crippen molar-refractivity contribution in [3.8, 4) is 0 Å². The number of hydrogen-bond acceptors (Lipinski definition) is 2. The monoisotopic (exact) mass is 188 g/mol. The Balaban J connectivity index is 2.11. The van der Waals surface area contributed by atoms with E-state index in [4.69, 9.17) is 4.74 Å². The van der Waals surface area contributed by atoms with E-state index in [0.29, 0.717) is 0 Å². The Morgan fingerprint density at radius 3 is 3.07 bits per heavy atom. The van der Waals surface area contributed by atoms with Crippen LogP contribution in [0.4, 0.5) is 0 Å². The third kappa shape index (κ3) is 1.14. The van der Waals surface area contributed by atoms with Gasteiger partial charge in [0.2, 0.25) is 0 Å². The Kier molecular flexibility index (Phi) is 1.79. The molecule has 1 aromatic carbocycles. The summed E-state index contributed by atoms with van der Waals surface area (Å²) in [4.78, 5) is 3.27. The van der Waals surface area contributed by atoms with Gasteiger partial charge in [0.25, 0.3) is 0 Å². The molecule has 1 atom stereocenters. The summed E-state index contributed by atoms with van der Waals surface area (Å²) in [6, 6.07) is 8.31. The van der Waals surface area contributed by atoms with Crippen molar-refractivity contribution in [3.05, 3.63) is 36.2 Å². The van der Waals surface area contributed by atoms with Gasteiger partial charge in [-0.15, -0.1) is 0 Å². The fourth-order valence-electron chi connectivity index (χ4n) is 1.93. The SMILES string of the molecule is c1ccc2c(C3NCCO3)[nH]cc2c1. The summed E-state index contributed by atoms with van der Waals surface area (Å²) in [6.07, 6.45) is 2.06. The van der Waals surface area contributed by atoms with Crippen molar-refractivity contribution in [2.45, 2.75) is 6.23 Å². The van der Waals surface area contributed by atoms with Crippen molar-refractivity contribution in [2.75, 3.05) is 13.2 Å². The molecular formula is C11H12N2O. The van der Waals surface area contributed by atoms with E-state index in [0.717, 1.165) is 18.8 Å². The molecule has 0 radical (unpaired) electrons. The third-order valence-corrected chi connectivity index (χ3v) is 2.61. The molecule has 14 heavy (non-hydrogen) atoms. The molecule has 0 bridgehead atoms. The molecule has 3 nitrogen and oxygen atoms in total. The Hall–Kier alpha value is -1.32. The standard InChI is InChI=1S/C11H12N2O/c1-2-4-9-8(3-1)7-13-10(9)11-12-5-6-14-11/h1-4,7,11-13H,5-6H2. The molecule has 1 saturated heterocycles. The fraction of sp³-hybridized carbons (Fsp3) is 0.273. The van der Waals surface area contributed by atoms with Crippen molar-refractivity contribution in [3.63, 3.8) is 0 Å². The molecule has 2 N–H and O–H groups in total. The predicted octanol–water partition coefficient (Wildman–Crippen LogP) is 1.79. The van der Waals surface area contributed by atoms with Gasteiger partial charge in [0, 0.05) is 18.1 Å². The predicted molar refractivity (Wildman–Crippen MR) is 55.0 cm³/mol. The van der Waals surface area contributed by atoms with E-state index in [2.05, 4.69) is 28.5 Å². The van der Waals surface area contributed by atoms with Crippen LogP contribution in [-0.2, 0) is 4.74 Å². The summed E-state index contributed by atoms with van der Waals surface area (Å²) in [5.74, 6) is 0. The molecule has 1 aromatic heterocycles. The average molecular weight is 188 g/mol. The van der Waals surface area contributed by atoms with E-state index < -0.39 is 0 Å². The summed E-state index contributed by atoms with van der Waals surface area (Å²) in [5.41, 5.74) is 1.14. The van der Waals surface area contributed by atoms with E-state index in [9.17, 15) is 0 Å². The van der Waals surface area contributed by atoms with Gasteiger partial charge in [-0.2, -0.15) is 0 Å². The first-order chi connectivity index (χ1) is 6.95. The lowest BCUT2D eigenvalue weighted by Gasteiger charge is -2.08. The lowest BCUT2D eigenvalue weighted by Crippen LogP contribution is -2.14. The van der Waals surface area contributed by atoms with E-state index in [-0.39, 0.29) is 6.23 Å². The first-order valence-corrected chi connectivity index (χ1v) is 4.86. The second-order valence-electron chi connectivity index (χ2n) is 3.49. The van der Waals surface area contributed by atoms with Crippen LogP contribution < -0.4 is 5.32 Å². The smallest absolute Gasteiger partial charge is 0.149 e. The molecule has 72 valence electrons. The zero-order valence-electron chi connectivity index (χ0n) is 7.79. The Bertz CT molecular complexity index is 443. The molecule has 2 heterocycles. The zero-order chi connectivity index (χ0) is 9.38. The first-order valence-electron chi connectivity index (χ1n) is 4.86. The van der Waals surface area contributed by atoms with Gasteiger partial charge in [-0.1, -0.05) is 24.3 Å². The zero-order valence-corrected chi connectivity index (χ0v) is 7.79. The van der Waals surface area contributed by atoms with Crippen LogP contribution in [0.2, 0.25) is 0 Å². The van der Waals surface area contributed by atoms with Crippen molar-refractivity contribution in [1.82, 2.24) is 10.3 Å². The molecule has 3 rings (SSSR count). The van der Waals surface area contributed by atoms with Crippen LogP contribution in [0.3, 0.4) is 0 Å². The number of nitrogens with one attached hydrogen (secondary N) is 2. The number of benzene rings is 1. The van der Waals surface area contributed by atoms with Gasteiger partial charge in [-0.05, 0) is 5.39 Å². The lowest BCUT2D eigenvalue weighted by molar-refractivity contribution is 0.100. The van der Waals surface area contributed by atoms with Gasteiger partial charge < -0.3 is 9.72 Å². The maximum atomic E-state index is 5.56. The molecule has 0 saturated carbocycles. The van der Waals surface area contributed by atoms with Gasteiger partial charge in [-0.25, -0.2) is 0 Å². The molecule has 0 spiro atoms. The molecule has 0 aliphatic carbocycles. The van der Waals surface area contributed by atoms with Crippen LogP contribution in [-0.4, -0.2) is 18.1 Å². The normalized spacial score (nSPS) is 21.9. The maximum Gasteiger partial charge on any atom is 0.149 e. The number of aromatic amines is 1. The minimum Gasteiger partial charge on any atom is -0.361 e. The van der Waals surface area contributed by atoms with E-state index in [1.165, 1.54) is 10.8 Å². The van der Waals surface area contributed by atoms with Crippen LogP contribution >= 0.6 is 0 Å². The number of H-pyrrole nitrogens is 1. The van der Waals surface area contributed by atoms with Crippen LogP contribution in [0, 0.1) is 0 Å². The van der Waals surface area contributed by atoms with Crippen molar-refractivity contribution in [2.24, 2.45) is 0 Å². The largest absolute Gasteiger partial charge is 0.361 e. The van der Waals surface area contributed by atoms with E-state index in [1.54, 1.807) is 0 Å². The quantitative estimate of drug-likeness (QED) is 0.715. The molecule has 1 aliphatic heterocycles. The van der Waals surface area contributed by atoms with Crippen molar-refractivity contribution >= 4 is 10.8 Å². The average Bonchev–Trinajstić information content (AvgIpc) is 2.85. The van der Waals surface area contributed by atoms with Gasteiger partial charge in [-0.3, -0.25) is 5.32 Å². The molecule has 0 amide bonds.